The van der Waals surface area contributed by atoms with Crippen molar-refractivity contribution in [1.82, 2.24) is 9.97 Å². The Bertz CT molecular complexity index is 954. The van der Waals surface area contributed by atoms with Crippen LogP contribution in [-0.4, -0.2) is 23.3 Å². The standard InChI is InChI=1S/C21H21BrN4O2/c1-14-10-15(2)25-21(24-14)26-23-12-17-6-9-19(20(11-17)27-3)28-13-16-4-7-18(22)8-5-16/h4-12H,13H2,1-3H3,(H,24,25,26)/b23-12-. The van der Waals surface area contributed by atoms with E-state index in [2.05, 4.69) is 36.4 Å². The lowest BCUT2D eigenvalue weighted by Crippen LogP contribution is -2.00. The summed E-state index contributed by atoms with van der Waals surface area (Å²) in [6.07, 6.45) is 1.68. The van der Waals surface area contributed by atoms with Crippen LogP contribution in [0.1, 0.15) is 22.5 Å². The number of halogens is 1. The lowest BCUT2D eigenvalue weighted by atomic mass is 10.2. The fourth-order valence-electron chi connectivity index (χ4n) is 2.57. The average Bonchev–Trinajstić information content (AvgIpc) is 2.67. The maximum absolute atomic E-state index is 5.89. The van der Waals surface area contributed by atoms with E-state index in [4.69, 9.17) is 9.47 Å². The second kappa shape index (κ2) is 9.32. The van der Waals surface area contributed by atoms with E-state index >= 15 is 0 Å². The van der Waals surface area contributed by atoms with Crippen molar-refractivity contribution in [2.45, 2.75) is 20.5 Å². The Labute approximate surface area is 172 Å². The highest BCUT2D eigenvalue weighted by Gasteiger charge is 2.06. The number of hydrazone groups is 1. The first-order chi connectivity index (χ1) is 13.5. The van der Waals surface area contributed by atoms with Crippen molar-refractivity contribution in [2.24, 2.45) is 5.10 Å². The van der Waals surface area contributed by atoms with Gasteiger partial charge < -0.3 is 9.47 Å². The molecule has 1 N–H and O–H groups in total. The van der Waals surface area contributed by atoms with Crippen molar-refractivity contribution < 1.29 is 9.47 Å². The van der Waals surface area contributed by atoms with E-state index in [1.165, 1.54) is 0 Å². The smallest absolute Gasteiger partial charge is 0.243 e. The molecule has 0 bridgehead atoms. The average molecular weight is 441 g/mol. The summed E-state index contributed by atoms with van der Waals surface area (Å²) in [4.78, 5) is 8.58. The highest BCUT2D eigenvalue weighted by Crippen LogP contribution is 2.28. The molecule has 0 aliphatic rings. The number of aryl methyl sites for hydroxylation is 2. The molecule has 0 saturated carbocycles. The van der Waals surface area contributed by atoms with E-state index in [1.807, 2.05) is 62.4 Å². The third-order valence-electron chi connectivity index (χ3n) is 3.86. The van der Waals surface area contributed by atoms with E-state index in [0.29, 0.717) is 24.1 Å². The van der Waals surface area contributed by atoms with Crippen LogP contribution < -0.4 is 14.9 Å². The van der Waals surface area contributed by atoms with Crippen LogP contribution in [0, 0.1) is 13.8 Å². The van der Waals surface area contributed by atoms with Crippen molar-refractivity contribution in [3.05, 3.63) is 75.5 Å². The fraction of sp³-hybridized carbons (Fsp3) is 0.190. The lowest BCUT2D eigenvalue weighted by molar-refractivity contribution is 0.284. The van der Waals surface area contributed by atoms with Gasteiger partial charge in [0.05, 0.1) is 13.3 Å². The molecule has 0 unspecified atom stereocenters. The zero-order chi connectivity index (χ0) is 19.9. The normalized spacial score (nSPS) is 10.9. The highest BCUT2D eigenvalue weighted by atomic mass is 79.9. The SMILES string of the molecule is COc1cc(/C=N\Nc2nc(C)cc(C)n2)ccc1OCc1ccc(Br)cc1. The number of nitrogens with one attached hydrogen (secondary N) is 1. The van der Waals surface area contributed by atoms with Crippen LogP contribution in [0.25, 0.3) is 0 Å². The Morgan fingerprint density at radius 1 is 1.00 bits per heavy atom. The molecular weight excluding hydrogens is 420 g/mol. The summed E-state index contributed by atoms with van der Waals surface area (Å²) in [5.74, 6) is 1.78. The molecule has 144 valence electrons. The fourth-order valence-corrected chi connectivity index (χ4v) is 2.83. The van der Waals surface area contributed by atoms with Crippen molar-refractivity contribution in [3.8, 4) is 11.5 Å². The number of hydrogen-bond donors (Lipinski definition) is 1. The van der Waals surface area contributed by atoms with Gasteiger partial charge in [-0.15, -0.1) is 0 Å². The molecular formula is C21H21BrN4O2. The predicted molar refractivity (Wildman–Crippen MR) is 114 cm³/mol. The van der Waals surface area contributed by atoms with Gasteiger partial charge in [0, 0.05) is 15.9 Å². The molecule has 3 aromatic rings. The Morgan fingerprint density at radius 2 is 1.71 bits per heavy atom. The van der Waals surface area contributed by atoms with Gasteiger partial charge >= 0.3 is 0 Å². The molecule has 1 heterocycles. The highest BCUT2D eigenvalue weighted by molar-refractivity contribution is 9.10. The molecule has 7 heteroatoms. The maximum atomic E-state index is 5.89. The quantitative estimate of drug-likeness (QED) is 0.418. The van der Waals surface area contributed by atoms with Crippen LogP contribution in [0.15, 0.2) is 58.1 Å². The van der Waals surface area contributed by atoms with Crippen LogP contribution in [0.2, 0.25) is 0 Å². The first kappa shape index (κ1) is 19.8. The molecule has 0 radical (unpaired) electrons. The summed E-state index contributed by atoms with van der Waals surface area (Å²) in [6.45, 7) is 4.30. The first-order valence-corrected chi connectivity index (χ1v) is 9.49. The Hall–Kier alpha value is -2.93. The molecule has 0 saturated heterocycles. The molecule has 1 aromatic heterocycles. The molecule has 0 aliphatic carbocycles. The van der Waals surface area contributed by atoms with Gasteiger partial charge in [-0.25, -0.2) is 15.4 Å². The van der Waals surface area contributed by atoms with E-state index in [0.717, 1.165) is 27.0 Å². The van der Waals surface area contributed by atoms with Crippen LogP contribution in [0.5, 0.6) is 11.5 Å². The Kier molecular flexibility index (Phi) is 6.60. The molecule has 0 spiro atoms. The molecule has 0 amide bonds. The molecule has 0 aliphatic heterocycles. The number of nitrogens with zero attached hydrogens (tertiary/aromatic N) is 3. The second-order valence-electron chi connectivity index (χ2n) is 6.17. The van der Waals surface area contributed by atoms with Gasteiger partial charge in [-0.1, -0.05) is 28.1 Å². The van der Waals surface area contributed by atoms with E-state index in [-0.39, 0.29) is 0 Å². The number of aromatic nitrogens is 2. The van der Waals surface area contributed by atoms with Crippen molar-refractivity contribution in [1.29, 1.82) is 0 Å². The van der Waals surface area contributed by atoms with Gasteiger partial charge in [0.15, 0.2) is 11.5 Å². The predicted octanol–water partition coefficient (Wildman–Crippen LogP) is 4.89. The monoisotopic (exact) mass is 440 g/mol. The molecule has 3 rings (SSSR count). The van der Waals surface area contributed by atoms with Gasteiger partial charge in [-0.2, -0.15) is 5.10 Å². The zero-order valence-corrected chi connectivity index (χ0v) is 17.5. The molecule has 28 heavy (non-hydrogen) atoms. The number of rotatable bonds is 7. The van der Waals surface area contributed by atoms with E-state index < -0.39 is 0 Å². The molecule has 2 aromatic carbocycles. The zero-order valence-electron chi connectivity index (χ0n) is 15.9. The minimum Gasteiger partial charge on any atom is -0.493 e. The van der Waals surface area contributed by atoms with Crippen molar-refractivity contribution in [3.63, 3.8) is 0 Å². The second-order valence-corrected chi connectivity index (χ2v) is 7.09. The third-order valence-corrected chi connectivity index (χ3v) is 4.38. The van der Waals surface area contributed by atoms with Crippen LogP contribution >= 0.6 is 15.9 Å². The number of ether oxygens (including phenoxy) is 2. The van der Waals surface area contributed by atoms with Crippen LogP contribution in [0.4, 0.5) is 5.95 Å². The molecule has 0 atom stereocenters. The summed E-state index contributed by atoms with van der Waals surface area (Å²) < 4.78 is 12.4. The minimum absolute atomic E-state index is 0.461. The largest absolute Gasteiger partial charge is 0.493 e. The van der Waals surface area contributed by atoms with E-state index in [9.17, 15) is 0 Å². The Balaban J connectivity index is 1.65. The number of methoxy groups -OCH3 is 1. The summed E-state index contributed by atoms with van der Waals surface area (Å²) in [6, 6.07) is 15.6. The van der Waals surface area contributed by atoms with E-state index in [1.54, 1.807) is 13.3 Å². The van der Waals surface area contributed by atoms with Crippen molar-refractivity contribution in [2.75, 3.05) is 12.5 Å². The van der Waals surface area contributed by atoms with Crippen molar-refractivity contribution >= 4 is 28.1 Å². The topological polar surface area (TPSA) is 68.6 Å². The maximum Gasteiger partial charge on any atom is 0.243 e. The minimum atomic E-state index is 0.461. The van der Waals surface area contributed by atoms with Crippen LogP contribution in [-0.2, 0) is 6.61 Å². The summed E-state index contributed by atoms with van der Waals surface area (Å²) in [7, 11) is 1.62. The van der Waals surface area contributed by atoms with Gasteiger partial charge in [0.1, 0.15) is 6.61 Å². The van der Waals surface area contributed by atoms with Gasteiger partial charge in [-0.05, 0) is 61.4 Å². The molecule has 6 nitrogen and oxygen atoms in total. The van der Waals surface area contributed by atoms with Gasteiger partial charge in [0.2, 0.25) is 5.95 Å². The van der Waals surface area contributed by atoms with Crippen LogP contribution in [0.3, 0.4) is 0 Å². The Morgan fingerprint density at radius 3 is 2.39 bits per heavy atom. The summed E-state index contributed by atoms with van der Waals surface area (Å²) in [5, 5.41) is 4.20. The number of benzene rings is 2. The molecule has 0 fully saturated rings. The van der Waals surface area contributed by atoms with Gasteiger partial charge in [0.25, 0.3) is 0 Å². The van der Waals surface area contributed by atoms with Gasteiger partial charge in [-0.3, -0.25) is 0 Å². The number of hydrogen-bond acceptors (Lipinski definition) is 6. The third kappa shape index (κ3) is 5.53. The summed E-state index contributed by atoms with van der Waals surface area (Å²) >= 11 is 3.43. The lowest BCUT2D eigenvalue weighted by Gasteiger charge is -2.11. The number of anilines is 1. The first-order valence-electron chi connectivity index (χ1n) is 8.70. The summed E-state index contributed by atoms with van der Waals surface area (Å²) in [5.41, 5.74) is 6.57.